The van der Waals surface area contributed by atoms with Crippen LogP contribution >= 0.6 is 13.5 Å². The van der Waals surface area contributed by atoms with Crippen LogP contribution in [0.25, 0.3) is 0 Å². The summed E-state index contributed by atoms with van der Waals surface area (Å²) < 4.78 is 11.5. The van der Waals surface area contributed by atoms with Gasteiger partial charge in [-0.2, -0.15) is 13.5 Å². The highest BCUT2D eigenvalue weighted by atomic mass is 32.1. The van der Waals surface area contributed by atoms with E-state index in [0.29, 0.717) is 25.1 Å². The molecule has 2 N–H and O–H groups in total. The highest BCUT2D eigenvalue weighted by Crippen LogP contribution is 2.43. The molecule has 154 valence electrons. The van der Waals surface area contributed by atoms with Gasteiger partial charge < -0.3 is 14.4 Å². The first kappa shape index (κ1) is 21.2. The van der Waals surface area contributed by atoms with Gasteiger partial charge in [0.2, 0.25) is 0 Å². The quantitative estimate of drug-likeness (QED) is 0.591. The number of methoxy groups -OCH3 is 1. The summed E-state index contributed by atoms with van der Waals surface area (Å²) in [5.74, 6) is -0.128. The molecular formula is C21H24N2O5S. The van der Waals surface area contributed by atoms with Crippen molar-refractivity contribution >= 4 is 25.3 Å². The Morgan fingerprint density at radius 1 is 1.21 bits per heavy atom. The van der Waals surface area contributed by atoms with E-state index in [4.69, 9.17) is 14.7 Å². The number of ether oxygens (including phenoxy) is 2. The van der Waals surface area contributed by atoms with E-state index in [9.17, 15) is 9.59 Å². The number of hydrogen-bond donors (Lipinski definition) is 2. The van der Waals surface area contributed by atoms with Crippen LogP contribution < -0.4 is 10.2 Å². The third kappa shape index (κ3) is 3.96. The van der Waals surface area contributed by atoms with Crippen LogP contribution in [0.1, 0.15) is 40.4 Å². The predicted molar refractivity (Wildman–Crippen MR) is 110 cm³/mol. The van der Waals surface area contributed by atoms with Gasteiger partial charge in [0.15, 0.2) is 0 Å². The van der Waals surface area contributed by atoms with Crippen molar-refractivity contribution in [1.29, 1.82) is 0 Å². The molecule has 1 heterocycles. The van der Waals surface area contributed by atoms with Crippen LogP contribution in [-0.4, -0.2) is 41.2 Å². The van der Waals surface area contributed by atoms with Crippen LogP contribution in [0.5, 0.6) is 5.75 Å². The molecule has 0 bridgehead atoms. The Bertz CT molecular complexity index is 901. The van der Waals surface area contributed by atoms with Crippen molar-refractivity contribution in [1.82, 2.24) is 10.4 Å². The molecular weight excluding hydrogens is 392 g/mol. The number of carbonyl (C=O) groups excluding carboxylic acids is 2. The number of nitrogens with one attached hydrogen (secondary N) is 1. The van der Waals surface area contributed by atoms with E-state index in [-0.39, 0.29) is 37.6 Å². The maximum Gasteiger partial charge on any atom is 0.274 e. The van der Waals surface area contributed by atoms with Crippen molar-refractivity contribution in [2.24, 2.45) is 0 Å². The molecule has 0 saturated heterocycles. The molecule has 0 radical (unpaired) electrons. The number of benzene rings is 2. The molecule has 1 saturated carbocycles. The van der Waals surface area contributed by atoms with Gasteiger partial charge in [-0.25, -0.2) is 5.48 Å². The average Bonchev–Trinajstić information content (AvgIpc) is 3.56. The molecule has 1 fully saturated rings. The Kier molecular flexibility index (Phi) is 6.16. The zero-order chi connectivity index (χ0) is 19.7. The molecule has 0 spiro atoms. The lowest BCUT2D eigenvalue weighted by molar-refractivity contribution is -0.148. The van der Waals surface area contributed by atoms with E-state index in [0.717, 1.165) is 11.1 Å². The van der Waals surface area contributed by atoms with Gasteiger partial charge in [-0.15, -0.1) is 0 Å². The van der Waals surface area contributed by atoms with Gasteiger partial charge in [-0.05, 0) is 30.5 Å². The van der Waals surface area contributed by atoms with Crippen molar-refractivity contribution in [3.05, 3.63) is 65.2 Å². The Labute approximate surface area is 176 Å². The monoisotopic (exact) mass is 416 g/mol. The van der Waals surface area contributed by atoms with E-state index < -0.39 is 11.5 Å². The maximum atomic E-state index is 13.3. The van der Waals surface area contributed by atoms with Gasteiger partial charge in [-0.3, -0.25) is 14.8 Å². The molecule has 8 heteroatoms. The summed E-state index contributed by atoms with van der Waals surface area (Å²) in [6, 6.07) is 14.4. The third-order valence-electron chi connectivity index (χ3n) is 5.47. The first-order valence-electron chi connectivity index (χ1n) is 9.19. The van der Waals surface area contributed by atoms with Crippen molar-refractivity contribution in [3.63, 3.8) is 0 Å². The van der Waals surface area contributed by atoms with E-state index in [2.05, 4.69) is 0 Å². The first-order chi connectivity index (χ1) is 13.6. The first-order valence-corrected chi connectivity index (χ1v) is 9.19. The maximum absolute atomic E-state index is 13.3. The molecule has 2 amide bonds. The normalized spacial score (nSPS) is 19.1. The lowest BCUT2D eigenvalue weighted by atomic mass is 10.0. The number of hydroxylamine groups is 1. The minimum Gasteiger partial charge on any atom is -0.491 e. The lowest BCUT2D eigenvalue weighted by Crippen LogP contribution is -2.44. The molecule has 2 aromatic rings. The van der Waals surface area contributed by atoms with Crippen LogP contribution in [0.4, 0.5) is 0 Å². The van der Waals surface area contributed by atoms with Gasteiger partial charge in [0, 0.05) is 18.2 Å². The Balaban J connectivity index is 0.00000240. The van der Waals surface area contributed by atoms with E-state index in [1.54, 1.807) is 30.8 Å². The molecule has 0 aromatic heterocycles. The Hall–Kier alpha value is -2.55. The van der Waals surface area contributed by atoms with Crippen LogP contribution in [-0.2, 0) is 16.1 Å². The Morgan fingerprint density at radius 3 is 2.55 bits per heavy atom. The van der Waals surface area contributed by atoms with Gasteiger partial charge >= 0.3 is 0 Å². The van der Waals surface area contributed by atoms with Crippen LogP contribution in [0.15, 0.2) is 48.5 Å². The molecule has 2 aliphatic rings. The Morgan fingerprint density at radius 2 is 1.93 bits per heavy atom. The highest BCUT2D eigenvalue weighted by Gasteiger charge is 2.54. The predicted octanol–water partition coefficient (Wildman–Crippen LogP) is 2.56. The second-order valence-electron chi connectivity index (χ2n) is 7.13. The van der Waals surface area contributed by atoms with Crippen LogP contribution in [0, 0.1) is 0 Å². The fourth-order valence-corrected chi connectivity index (χ4v) is 3.62. The summed E-state index contributed by atoms with van der Waals surface area (Å²) >= 11 is 0. The second kappa shape index (κ2) is 8.44. The minimum atomic E-state index is -0.742. The number of fused-ring (bicyclic) bond motifs is 1. The van der Waals surface area contributed by atoms with Gasteiger partial charge in [0.1, 0.15) is 18.0 Å². The number of amides is 2. The summed E-state index contributed by atoms with van der Waals surface area (Å²) in [6.07, 6.45) is 1.42. The lowest BCUT2D eigenvalue weighted by Gasteiger charge is -2.32. The van der Waals surface area contributed by atoms with Crippen molar-refractivity contribution in [2.75, 3.05) is 13.7 Å². The van der Waals surface area contributed by atoms with Crippen molar-refractivity contribution in [2.45, 2.75) is 31.0 Å². The zero-order valence-corrected chi connectivity index (χ0v) is 17.1. The number of nitrogens with zero attached hydrogens (tertiary/aromatic N) is 1. The topological polar surface area (TPSA) is 88.1 Å². The standard InChI is InChI=1S/C21H22N2O5.H2S/c1-27-21(9-10-21)20(25)23-12-16-8-7-15(19(24)22-26)11-18(16)28-13-17(23)14-5-3-2-4-6-14;/h2-8,11,17,26H,9-10,12-13H2,1H3,(H,22,24);1H2/t17-;/m1./s1. The third-order valence-corrected chi connectivity index (χ3v) is 5.47. The van der Waals surface area contributed by atoms with E-state index in [1.807, 2.05) is 35.2 Å². The van der Waals surface area contributed by atoms with Crippen LogP contribution in [0.2, 0.25) is 0 Å². The largest absolute Gasteiger partial charge is 0.491 e. The molecule has 2 aromatic carbocycles. The number of hydrogen-bond acceptors (Lipinski definition) is 5. The van der Waals surface area contributed by atoms with Gasteiger partial charge in [0.05, 0.1) is 12.6 Å². The fourth-order valence-electron chi connectivity index (χ4n) is 3.62. The SMILES string of the molecule is COC1(C(=O)N2Cc3ccc(C(=O)NO)cc3OC[C@@H]2c2ccccc2)CC1.S. The molecule has 4 rings (SSSR count). The number of rotatable bonds is 4. The molecule has 7 nitrogen and oxygen atoms in total. The molecule has 0 unspecified atom stereocenters. The van der Waals surface area contributed by atoms with E-state index in [1.165, 1.54) is 0 Å². The summed E-state index contributed by atoms with van der Waals surface area (Å²) in [7, 11) is 1.57. The number of carbonyl (C=O) groups is 2. The fraction of sp³-hybridized carbons (Fsp3) is 0.333. The summed E-state index contributed by atoms with van der Waals surface area (Å²) in [5, 5.41) is 8.87. The zero-order valence-electron chi connectivity index (χ0n) is 16.1. The summed E-state index contributed by atoms with van der Waals surface area (Å²) in [5.41, 5.74) is 2.94. The second-order valence-corrected chi connectivity index (χ2v) is 7.13. The average molecular weight is 416 g/mol. The molecule has 1 atom stereocenters. The highest BCUT2D eigenvalue weighted by molar-refractivity contribution is 7.59. The van der Waals surface area contributed by atoms with Crippen molar-refractivity contribution < 1.29 is 24.3 Å². The molecule has 1 aliphatic carbocycles. The summed E-state index contributed by atoms with van der Waals surface area (Å²) in [4.78, 5) is 26.9. The molecule has 29 heavy (non-hydrogen) atoms. The van der Waals surface area contributed by atoms with Crippen molar-refractivity contribution in [3.8, 4) is 5.75 Å². The van der Waals surface area contributed by atoms with Crippen LogP contribution in [0.3, 0.4) is 0 Å². The van der Waals surface area contributed by atoms with E-state index >= 15 is 0 Å². The van der Waals surface area contributed by atoms with Gasteiger partial charge in [-0.1, -0.05) is 36.4 Å². The van der Waals surface area contributed by atoms with Gasteiger partial charge in [0.25, 0.3) is 11.8 Å². The minimum absolute atomic E-state index is 0. The molecule has 1 aliphatic heterocycles. The smallest absolute Gasteiger partial charge is 0.274 e. The summed E-state index contributed by atoms with van der Waals surface area (Å²) in [6.45, 7) is 0.604.